The maximum atomic E-state index is 4.30. The first-order chi connectivity index (χ1) is 11.3. The number of benzene rings is 1. The highest BCUT2D eigenvalue weighted by atomic mass is 15.2. The van der Waals surface area contributed by atoms with E-state index in [1.807, 2.05) is 7.05 Å². The predicted octanol–water partition coefficient (Wildman–Crippen LogP) is 3.72. The Morgan fingerprint density at radius 3 is 2.91 bits per heavy atom. The van der Waals surface area contributed by atoms with E-state index in [0.29, 0.717) is 0 Å². The number of aliphatic imine (C=N–C) groups is 1. The number of hydrogen-bond donors (Lipinski definition) is 3. The van der Waals surface area contributed by atoms with Crippen molar-refractivity contribution in [3.63, 3.8) is 0 Å². The molecule has 4 nitrogen and oxygen atoms in total. The molecule has 0 radical (unpaired) electrons. The summed E-state index contributed by atoms with van der Waals surface area (Å²) in [7, 11) is 1.82. The van der Waals surface area contributed by atoms with Crippen molar-refractivity contribution in [3.8, 4) is 0 Å². The van der Waals surface area contributed by atoms with Gasteiger partial charge in [-0.3, -0.25) is 4.99 Å². The normalized spacial score (nSPS) is 15.5. The second kappa shape index (κ2) is 7.86. The minimum Gasteiger partial charge on any atom is -0.357 e. The molecule has 1 aromatic carbocycles. The molecule has 1 heterocycles. The molecule has 1 aliphatic rings. The third-order valence-corrected chi connectivity index (χ3v) is 4.38. The van der Waals surface area contributed by atoms with E-state index < -0.39 is 0 Å². The fourth-order valence-corrected chi connectivity index (χ4v) is 3.10. The highest BCUT2D eigenvalue weighted by Gasteiger charge is 2.05. The molecule has 2 aromatic rings. The van der Waals surface area contributed by atoms with Crippen molar-refractivity contribution < 1.29 is 0 Å². The summed E-state index contributed by atoms with van der Waals surface area (Å²) in [6.45, 7) is 1.69. The summed E-state index contributed by atoms with van der Waals surface area (Å²) < 4.78 is 0. The van der Waals surface area contributed by atoms with Gasteiger partial charge in [0.2, 0.25) is 0 Å². The molecular formula is C19H26N4. The molecule has 4 heteroatoms. The Kier molecular flexibility index (Phi) is 5.35. The van der Waals surface area contributed by atoms with Crippen molar-refractivity contribution in [1.29, 1.82) is 0 Å². The second-order valence-electron chi connectivity index (χ2n) is 6.09. The average molecular weight is 310 g/mol. The van der Waals surface area contributed by atoms with Crippen molar-refractivity contribution in [2.24, 2.45) is 4.99 Å². The molecule has 0 amide bonds. The summed E-state index contributed by atoms with van der Waals surface area (Å²) in [5, 5.41) is 8.02. The Hall–Kier alpha value is -2.23. The molecule has 0 saturated heterocycles. The van der Waals surface area contributed by atoms with Crippen molar-refractivity contribution in [2.45, 2.75) is 38.6 Å². The van der Waals surface area contributed by atoms with Crippen LogP contribution in [-0.4, -0.2) is 24.5 Å². The highest BCUT2D eigenvalue weighted by molar-refractivity contribution is 5.81. The van der Waals surface area contributed by atoms with E-state index in [1.165, 1.54) is 42.3 Å². The molecule has 0 bridgehead atoms. The summed E-state index contributed by atoms with van der Waals surface area (Å²) >= 11 is 0. The van der Waals surface area contributed by atoms with Crippen LogP contribution in [0.15, 0.2) is 47.0 Å². The fourth-order valence-electron chi connectivity index (χ4n) is 3.10. The predicted molar refractivity (Wildman–Crippen MR) is 97.7 cm³/mol. The molecule has 0 unspecified atom stereocenters. The van der Waals surface area contributed by atoms with Crippen LogP contribution in [0, 0.1) is 0 Å². The number of aromatic amines is 1. The maximum absolute atomic E-state index is 4.30. The molecule has 23 heavy (non-hydrogen) atoms. The zero-order valence-corrected chi connectivity index (χ0v) is 13.9. The Morgan fingerprint density at radius 2 is 2.13 bits per heavy atom. The molecule has 0 spiro atoms. The zero-order valence-electron chi connectivity index (χ0n) is 13.9. The molecule has 122 valence electrons. The van der Waals surface area contributed by atoms with E-state index in [9.17, 15) is 0 Å². The lowest BCUT2D eigenvalue weighted by molar-refractivity contribution is 0.665. The maximum Gasteiger partial charge on any atom is 0.191 e. The second-order valence-corrected chi connectivity index (χ2v) is 6.09. The summed E-state index contributed by atoms with van der Waals surface area (Å²) in [6, 6.07) is 10.5. The average Bonchev–Trinajstić information content (AvgIpc) is 3.01. The van der Waals surface area contributed by atoms with Crippen molar-refractivity contribution in [2.75, 3.05) is 13.6 Å². The number of rotatable bonds is 5. The Labute approximate surface area is 138 Å². The van der Waals surface area contributed by atoms with Gasteiger partial charge in [0.25, 0.3) is 0 Å². The molecule has 3 N–H and O–H groups in total. The van der Waals surface area contributed by atoms with Crippen molar-refractivity contribution in [3.05, 3.63) is 47.7 Å². The number of nitrogens with zero attached hydrogens (tertiary/aromatic N) is 1. The van der Waals surface area contributed by atoms with E-state index in [1.54, 1.807) is 5.57 Å². The summed E-state index contributed by atoms with van der Waals surface area (Å²) in [5.41, 5.74) is 3.94. The largest absolute Gasteiger partial charge is 0.357 e. The standard InChI is InChI=1S/C19H26N4/c1-20-19(21-12-11-15-7-3-2-4-8-15)22-14-17-13-16-9-5-6-10-18(16)23-17/h5-7,9-10,13,23H,2-4,8,11-12,14H2,1H3,(H2,20,21,22). The van der Waals surface area contributed by atoms with Gasteiger partial charge in [0, 0.05) is 24.8 Å². The molecule has 3 rings (SSSR count). The van der Waals surface area contributed by atoms with Crippen LogP contribution in [0.3, 0.4) is 0 Å². The molecule has 0 saturated carbocycles. The van der Waals surface area contributed by atoms with Crippen LogP contribution in [0.2, 0.25) is 0 Å². The molecular weight excluding hydrogens is 284 g/mol. The minimum atomic E-state index is 0.747. The Morgan fingerprint density at radius 1 is 1.22 bits per heavy atom. The van der Waals surface area contributed by atoms with Gasteiger partial charge >= 0.3 is 0 Å². The quantitative estimate of drug-likeness (QED) is 0.448. The zero-order chi connectivity index (χ0) is 15.9. The SMILES string of the molecule is CN=C(NCCC1=CCCCC1)NCc1cc2ccccc2[nH]1. The Bertz CT molecular complexity index is 663. The van der Waals surface area contributed by atoms with Gasteiger partial charge in [-0.2, -0.15) is 0 Å². The topological polar surface area (TPSA) is 52.2 Å². The minimum absolute atomic E-state index is 0.747. The van der Waals surface area contributed by atoms with Crippen LogP contribution in [0.1, 0.15) is 37.8 Å². The number of allylic oxidation sites excluding steroid dienone is 1. The number of aromatic nitrogens is 1. The number of hydrogen-bond acceptors (Lipinski definition) is 1. The molecule has 1 aromatic heterocycles. The number of fused-ring (bicyclic) bond motifs is 1. The highest BCUT2D eigenvalue weighted by Crippen LogP contribution is 2.19. The van der Waals surface area contributed by atoms with Gasteiger partial charge in [0.1, 0.15) is 0 Å². The van der Waals surface area contributed by atoms with E-state index in [0.717, 1.165) is 25.5 Å². The van der Waals surface area contributed by atoms with Crippen molar-refractivity contribution in [1.82, 2.24) is 15.6 Å². The first-order valence-electron chi connectivity index (χ1n) is 8.54. The number of para-hydroxylation sites is 1. The summed E-state index contributed by atoms with van der Waals surface area (Å²) in [6.07, 6.45) is 8.74. The van der Waals surface area contributed by atoms with E-state index in [2.05, 4.69) is 57.0 Å². The van der Waals surface area contributed by atoms with E-state index >= 15 is 0 Å². The van der Waals surface area contributed by atoms with Crippen LogP contribution in [0.5, 0.6) is 0 Å². The number of guanidine groups is 1. The van der Waals surface area contributed by atoms with Crippen LogP contribution < -0.4 is 10.6 Å². The van der Waals surface area contributed by atoms with Crippen LogP contribution in [-0.2, 0) is 6.54 Å². The van der Waals surface area contributed by atoms with Gasteiger partial charge in [-0.25, -0.2) is 0 Å². The molecule has 0 fully saturated rings. The fraction of sp³-hybridized carbons (Fsp3) is 0.421. The summed E-state index contributed by atoms with van der Waals surface area (Å²) in [5.74, 6) is 0.861. The molecule has 1 aliphatic carbocycles. The van der Waals surface area contributed by atoms with Gasteiger partial charge in [0.15, 0.2) is 5.96 Å². The smallest absolute Gasteiger partial charge is 0.191 e. The first-order valence-corrected chi connectivity index (χ1v) is 8.54. The van der Waals surface area contributed by atoms with Crippen LogP contribution in [0.25, 0.3) is 10.9 Å². The first kappa shape index (κ1) is 15.7. The monoisotopic (exact) mass is 310 g/mol. The van der Waals surface area contributed by atoms with Crippen molar-refractivity contribution >= 4 is 16.9 Å². The van der Waals surface area contributed by atoms with E-state index in [4.69, 9.17) is 0 Å². The lowest BCUT2D eigenvalue weighted by Gasteiger charge is -2.15. The third-order valence-electron chi connectivity index (χ3n) is 4.38. The van der Waals surface area contributed by atoms with E-state index in [-0.39, 0.29) is 0 Å². The Balaban J connectivity index is 1.46. The lowest BCUT2D eigenvalue weighted by Crippen LogP contribution is -2.37. The van der Waals surface area contributed by atoms with Gasteiger partial charge in [-0.15, -0.1) is 0 Å². The van der Waals surface area contributed by atoms with Gasteiger partial charge in [0.05, 0.1) is 6.54 Å². The number of H-pyrrole nitrogens is 1. The third kappa shape index (κ3) is 4.38. The van der Waals surface area contributed by atoms with Gasteiger partial charge < -0.3 is 15.6 Å². The lowest BCUT2D eigenvalue weighted by atomic mass is 9.97. The van der Waals surface area contributed by atoms with Gasteiger partial charge in [-0.05, 0) is 49.6 Å². The van der Waals surface area contributed by atoms with Crippen LogP contribution in [0.4, 0.5) is 0 Å². The van der Waals surface area contributed by atoms with Gasteiger partial charge in [-0.1, -0.05) is 29.8 Å². The molecule has 0 aliphatic heterocycles. The summed E-state index contributed by atoms with van der Waals surface area (Å²) in [4.78, 5) is 7.73. The van der Waals surface area contributed by atoms with Crippen LogP contribution >= 0.6 is 0 Å². The molecule has 0 atom stereocenters. The number of nitrogens with one attached hydrogen (secondary N) is 3.